The third-order valence-electron chi connectivity index (χ3n) is 12.7. The fourth-order valence-corrected chi connectivity index (χ4v) is 8.09. The minimum atomic E-state index is -1.64. The highest BCUT2D eigenvalue weighted by Crippen LogP contribution is 2.26. The predicted octanol–water partition coefficient (Wildman–Crippen LogP) is 13.3. The summed E-state index contributed by atoms with van der Waals surface area (Å²) < 4.78 is 17.5. The van der Waals surface area contributed by atoms with Crippen LogP contribution in [0, 0.1) is 0 Å². The molecule has 1 fully saturated rings. The molecule has 0 aromatic carbocycles. The number of unbranched alkanes of at least 4 members (excludes halogenated alkanes) is 16. The van der Waals surface area contributed by atoms with Crippen LogP contribution in [0.5, 0.6) is 0 Å². The second-order valence-corrected chi connectivity index (χ2v) is 19.4. The van der Waals surface area contributed by atoms with Crippen molar-refractivity contribution in [2.45, 2.75) is 243 Å². The van der Waals surface area contributed by atoms with Gasteiger partial charge in [0.05, 0.1) is 25.4 Å². The van der Waals surface area contributed by atoms with Crippen molar-refractivity contribution in [2.75, 3.05) is 13.2 Å². The molecule has 0 radical (unpaired) electrons. The zero-order valence-corrected chi connectivity index (χ0v) is 46.6. The highest BCUT2D eigenvalue weighted by atomic mass is 16.7. The molecule has 0 bridgehead atoms. The van der Waals surface area contributed by atoms with E-state index in [4.69, 9.17) is 14.2 Å². The van der Waals surface area contributed by atoms with Crippen molar-refractivity contribution >= 4 is 11.9 Å². The Labute approximate surface area is 454 Å². The normalized spacial score (nSPS) is 20.2. The molecule has 0 saturated carbocycles. The van der Waals surface area contributed by atoms with Crippen molar-refractivity contribution in [3.8, 4) is 0 Å². The van der Waals surface area contributed by atoms with E-state index >= 15 is 0 Å². The van der Waals surface area contributed by atoms with Gasteiger partial charge in [0, 0.05) is 12.8 Å². The Morgan fingerprint density at radius 1 is 0.547 bits per heavy atom. The van der Waals surface area contributed by atoms with Gasteiger partial charge in [0.25, 0.3) is 0 Å². The number of esters is 1. The minimum Gasteiger partial charge on any atom is -0.454 e. The van der Waals surface area contributed by atoms with Gasteiger partial charge < -0.3 is 45.1 Å². The molecule has 1 amide bonds. The molecule has 1 saturated heterocycles. The highest BCUT2D eigenvalue weighted by Gasteiger charge is 2.47. The summed E-state index contributed by atoms with van der Waals surface area (Å²) in [6.45, 7) is 5.45. The third kappa shape index (κ3) is 38.9. The van der Waals surface area contributed by atoms with Crippen LogP contribution in [0.1, 0.15) is 194 Å². The first-order valence-corrected chi connectivity index (χ1v) is 29.0. The molecular formula is C64H103NO10. The molecule has 1 aliphatic rings. The summed E-state index contributed by atoms with van der Waals surface area (Å²) in [5.41, 5.74) is 0. The molecule has 1 aliphatic heterocycles. The Morgan fingerprint density at radius 3 is 1.55 bits per heavy atom. The highest BCUT2D eigenvalue weighted by molar-refractivity contribution is 5.81. The number of hydrogen-bond donors (Lipinski definition) is 6. The summed E-state index contributed by atoms with van der Waals surface area (Å²) in [5.74, 6) is -1.32. The van der Waals surface area contributed by atoms with Crippen LogP contribution in [0.4, 0.5) is 0 Å². The van der Waals surface area contributed by atoms with Crippen molar-refractivity contribution in [2.24, 2.45) is 0 Å². The average Bonchev–Trinajstić information content (AvgIpc) is 3.41. The fraction of sp³-hybridized carbons (Fsp3) is 0.625. The van der Waals surface area contributed by atoms with E-state index in [1.807, 2.05) is 54.7 Å². The second kappa shape index (κ2) is 50.6. The predicted molar refractivity (Wildman–Crippen MR) is 310 cm³/mol. The maximum Gasteiger partial charge on any atom is 0.306 e. The summed E-state index contributed by atoms with van der Waals surface area (Å²) in [6.07, 6.45) is 60.8. The lowest BCUT2D eigenvalue weighted by Crippen LogP contribution is -2.61. The van der Waals surface area contributed by atoms with E-state index in [-0.39, 0.29) is 19.4 Å². The van der Waals surface area contributed by atoms with Gasteiger partial charge in [0.1, 0.15) is 24.4 Å². The van der Waals surface area contributed by atoms with Crippen molar-refractivity contribution in [3.63, 3.8) is 0 Å². The van der Waals surface area contributed by atoms with E-state index in [1.165, 1.54) is 51.4 Å². The molecular weight excluding hydrogens is 943 g/mol. The molecule has 0 aliphatic carbocycles. The van der Waals surface area contributed by atoms with Crippen molar-refractivity contribution < 1.29 is 49.3 Å². The molecule has 424 valence electrons. The maximum atomic E-state index is 13.4. The Kier molecular flexibility index (Phi) is 46.4. The standard InChI is InChI=1S/C64H103NO10/c1-4-7-10-13-16-19-22-25-27-28-29-31-33-36-39-42-45-48-51-57(68)63(72)65-55(56(67)50-47-44-41-38-35-32-24-21-18-15-12-9-6-3)54-73-64-62(61(71)60(70)58(53-66)74-64)75-59(69)52-49-46-43-40-37-34-30-26-23-20-17-14-11-8-5-2/h7-8,10-11,14,16-17,19-20,23,25-27,29-31,36,39,45,47-48,50,55-58,60-62,64,66-68,70-71H,4-6,9,12-13,15,18,21-22,24,28,32-35,37-38,40-44,46,49,51-54H2,1-3H3,(H,65,72)/b10-7-,11-8+,17-14+,19-16-,23-20+,27-25-,30-26-,31-29-,39-36-,48-45-,50-47+. The van der Waals surface area contributed by atoms with E-state index < -0.39 is 67.4 Å². The van der Waals surface area contributed by atoms with Crippen LogP contribution in [0.15, 0.2) is 134 Å². The number of ether oxygens (including phenoxy) is 3. The van der Waals surface area contributed by atoms with Crippen molar-refractivity contribution in [1.29, 1.82) is 0 Å². The minimum absolute atomic E-state index is 0.0477. The fourth-order valence-electron chi connectivity index (χ4n) is 8.09. The Morgan fingerprint density at radius 2 is 1.01 bits per heavy atom. The number of carbonyl (C=O) groups is 2. The number of carbonyl (C=O) groups excluding carboxylic acids is 2. The van der Waals surface area contributed by atoms with Crippen LogP contribution >= 0.6 is 0 Å². The smallest absolute Gasteiger partial charge is 0.306 e. The van der Waals surface area contributed by atoms with E-state index in [2.05, 4.69) is 92.9 Å². The number of rotatable bonds is 46. The van der Waals surface area contributed by atoms with Gasteiger partial charge in [-0.2, -0.15) is 0 Å². The van der Waals surface area contributed by atoms with Crippen LogP contribution in [0.3, 0.4) is 0 Å². The summed E-state index contributed by atoms with van der Waals surface area (Å²) in [5, 5.41) is 56.7. The zero-order valence-electron chi connectivity index (χ0n) is 46.6. The number of hydrogen-bond acceptors (Lipinski definition) is 10. The lowest BCUT2D eigenvalue weighted by atomic mass is 9.99. The van der Waals surface area contributed by atoms with Gasteiger partial charge in [-0.05, 0) is 77.0 Å². The topological polar surface area (TPSA) is 175 Å². The van der Waals surface area contributed by atoms with Crippen LogP contribution < -0.4 is 5.32 Å². The monoisotopic (exact) mass is 1050 g/mol. The molecule has 11 nitrogen and oxygen atoms in total. The van der Waals surface area contributed by atoms with Gasteiger partial charge in [-0.25, -0.2) is 0 Å². The molecule has 0 spiro atoms. The first kappa shape index (κ1) is 68.8. The number of allylic oxidation sites excluding steroid dienone is 20. The third-order valence-corrected chi connectivity index (χ3v) is 12.7. The first-order chi connectivity index (χ1) is 36.7. The van der Waals surface area contributed by atoms with Gasteiger partial charge in [0.15, 0.2) is 12.4 Å². The van der Waals surface area contributed by atoms with E-state index in [1.54, 1.807) is 12.2 Å². The molecule has 75 heavy (non-hydrogen) atoms. The van der Waals surface area contributed by atoms with E-state index in [0.29, 0.717) is 12.8 Å². The molecule has 0 aromatic rings. The lowest BCUT2D eigenvalue weighted by molar-refractivity contribution is -0.305. The van der Waals surface area contributed by atoms with E-state index in [9.17, 15) is 35.1 Å². The molecule has 0 aromatic heterocycles. The quantitative estimate of drug-likeness (QED) is 0.0149. The van der Waals surface area contributed by atoms with Crippen LogP contribution in [-0.4, -0.2) is 99.6 Å². The van der Waals surface area contributed by atoms with Crippen molar-refractivity contribution in [3.05, 3.63) is 134 Å². The van der Waals surface area contributed by atoms with Crippen molar-refractivity contribution in [1.82, 2.24) is 5.32 Å². The largest absolute Gasteiger partial charge is 0.454 e. The second-order valence-electron chi connectivity index (χ2n) is 19.4. The first-order valence-electron chi connectivity index (χ1n) is 29.0. The summed E-state index contributed by atoms with van der Waals surface area (Å²) in [4.78, 5) is 26.4. The molecule has 1 heterocycles. The number of aliphatic hydroxyl groups excluding tert-OH is 5. The number of amides is 1. The van der Waals surface area contributed by atoms with Gasteiger partial charge in [-0.3, -0.25) is 9.59 Å². The molecule has 6 N–H and O–H groups in total. The number of aliphatic hydroxyl groups is 5. The summed E-state index contributed by atoms with van der Waals surface area (Å²) in [6, 6.07) is -1.08. The Balaban J connectivity index is 2.82. The summed E-state index contributed by atoms with van der Waals surface area (Å²) >= 11 is 0. The average molecular weight is 1050 g/mol. The molecule has 1 rings (SSSR count). The van der Waals surface area contributed by atoms with E-state index in [0.717, 1.165) is 96.3 Å². The molecule has 11 heteroatoms. The number of nitrogens with one attached hydrogen (secondary N) is 1. The Hall–Kier alpha value is -4.20. The van der Waals surface area contributed by atoms with Gasteiger partial charge in [-0.15, -0.1) is 0 Å². The van der Waals surface area contributed by atoms with Crippen LogP contribution in [0.25, 0.3) is 0 Å². The lowest BCUT2D eigenvalue weighted by Gasteiger charge is -2.41. The molecule has 8 atom stereocenters. The Bertz CT molecular complexity index is 1720. The maximum absolute atomic E-state index is 13.4. The van der Waals surface area contributed by atoms with Gasteiger partial charge in [-0.1, -0.05) is 238 Å². The van der Waals surface area contributed by atoms with Crippen LogP contribution in [0.2, 0.25) is 0 Å². The van der Waals surface area contributed by atoms with Gasteiger partial charge in [0.2, 0.25) is 5.91 Å². The molecule has 8 unspecified atom stereocenters. The zero-order chi connectivity index (χ0) is 54.7. The van der Waals surface area contributed by atoms with Crippen LogP contribution in [-0.2, 0) is 23.8 Å². The van der Waals surface area contributed by atoms with Gasteiger partial charge >= 0.3 is 5.97 Å². The summed E-state index contributed by atoms with van der Waals surface area (Å²) in [7, 11) is 0. The SMILES string of the molecule is CC/C=C\C/C=C\C/C=C\C/C=C\C/C=C\C/C=C\CC(O)C(=O)NC(COC1OC(CO)C(O)C(O)C1OC(=O)CCCCCCC\C=C/C=C/C=C/C=C/CC)C(O)/C=C/CCCCCCCCCCCCC.